The van der Waals surface area contributed by atoms with Gasteiger partial charge in [-0.15, -0.1) is 0 Å². The van der Waals surface area contributed by atoms with Gasteiger partial charge in [-0.25, -0.2) is 4.98 Å². The van der Waals surface area contributed by atoms with Crippen LogP contribution in [0.15, 0.2) is 194 Å². The lowest BCUT2D eigenvalue weighted by atomic mass is 9.99. The summed E-state index contributed by atoms with van der Waals surface area (Å²) in [6, 6.07) is 69.1. The maximum absolute atomic E-state index is 9.69. The van der Waals surface area contributed by atoms with Crippen LogP contribution in [0.2, 0.25) is 0 Å². The summed E-state index contributed by atoms with van der Waals surface area (Å²) in [7, 11) is 0. The van der Waals surface area contributed by atoms with Gasteiger partial charge in [0.25, 0.3) is 0 Å². The van der Waals surface area contributed by atoms with Crippen LogP contribution in [0.1, 0.15) is 5.56 Å². The summed E-state index contributed by atoms with van der Waals surface area (Å²) in [5.41, 5.74) is 11.8. The van der Waals surface area contributed by atoms with Gasteiger partial charge in [-0.05, 0) is 59.7 Å². The van der Waals surface area contributed by atoms with Crippen LogP contribution in [0, 0.1) is 11.3 Å². The lowest BCUT2D eigenvalue weighted by molar-refractivity contribution is 0.953. The molecule has 0 unspecified atom stereocenters. The van der Waals surface area contributed by atoms with E-state index in [2.05, 4.69) is 149 Å². The Labute approximate surface area is 334 Å². The summed E-state index contributed by atoms with van der Waals surface area (Å²) in [6.07, 6.45) is 0. The number of fused-ring (bicyclic) bond motifs is 6. The lowest BCUT2D eigenvalue weighted by Crippen LogP contribution is -2.07. The highest BCUT2D eigenvalue weighted by atomic mass is 15.2. The molecule has 0 fully saturated rings. The molecule has 0 N–H and O–H groups in total. The van der Waals surface area contributed by atoms with E-state index in [9.17, 15) is 5.26 Å². The zero-order valence-electron chi connectivity index (χ0n) is 31.2. The normalized spacial score (nSPS) is 11.4. The van der Waals surface area contributed by atoms with Gasteiger partial charge >= 0.3 is 0 Å². The van der Waals surface area contributed by atoms with Crippen molar-refractivity contribution in [1.29, 1.82) is 5.26 Å². The molecule has 58 heavy (non-hydrogen) atoms. The Kier molecular flexibility index (Phi) is 7.76. The molecule has 11 aromatic rings. The van der Waals surface area contributed by atoms with Gasteiger partial charge in [0.15, 0.2) is 11.6 Å². The maximum atomic E-state index is 9.69. The molecule has 11 rings (SSSR count). The third kappa shape index (κ3) is 5.37. The van der Waals surface area contributed by atoms with Gasteiger partial charge in [0.2, 0.25) is 5.95 Å². The molecule has 0 saturated carbocycles. The molecular weight excluding hydrogens is 709 g/mol. The van der Waals surface area contributed by atoms with Gasteiger partial charge in [0, 0.05) is 43.8 Å². The zero-order valence-corrected chi connectivity index (χ0v) is 31.2. The molecule has 0 aliphatic rings. The van der Waals surface area contributed by atoms with E-state index in [0.29, 0.717) is 23.2 Å². The number of hydrogen-bond acceptors (Lipinski definition) is 4. The smallest absolute Gasteiger partial charge is 0.238 e. The van der Waals surface area contributed by atoms with Crippen LogP contribution in [-0.4, -0.2) is 24.1 Å². The van der Waals surface area contributed by atoms with Crippen molar-refractivity contribution < 1.29 is 0 Å². The van der Waals surface area contributed by atoms with Crippen molar-refractivity contribution in [3.63, 3.8) is 0 Å². The van der Waals surface area contributed by atoms with Gasteiger partial charge in [0.1, 0.15) is 0 Å². The van der Waals surface area contributed by atoms with E-state index < -0.39 is 0 Å². The average molecular weight is 741 g/mol. The number of aromatic nitrogens is 5. The first-order chi connectivity index (χ1) is 28.7. The molecule has 0 aliphatic carbocycles. The molecule has 8 aromatic carbocycles. The largest absolute Gasteiger partial charge is 0.309 e. The molecule has 0 saturated heterocycles. The highest BCUT2D eigenvalue weighted by Crippen LogP contribution is 2.40. The Hall–Kier alpha value is -8.14. The molecule has 6 nitrogen and oxygen atoms in total. The van der Waals surface area contributed by atoms with Crippen LogP contribution in [0.4, 0.5) is 0 Å². The van der Waals surface area contributed by atoms with Gasteiger partial charge in [-0.1, -0.05) is 146 Å². The van der Waals surface area contributed by atoms with Crippen molar-refractivity contribution in [3.8, 4) is 62.7 Å². The first-order valence-electron chi connectivity index (χ1n) is 19.3. The molecule has 0 radical (unpaired) electrons. The van der Waals surface area contributed by atoms with E-state index in [-0.39, 0.29) is 0 Å². The number of para-hydroxylation sites is 4. The van der Waals surface area contributed by atoms with Crippen LogP contribution >= 0.6 is 0 Å². The second-order valence-corrected chi connectivity index (χ2v) is 14.4. The Morgan fingerprint density at radius 1 is 0.379 bits per heavy atom. The molecular formula is C52H32N6. The molecule has 3 aromatic heterocycles. The van der Waals surface area contributed by atoms with Gasteiger partial charge in [0.05, 0.1) is 39.4 Å². The van der Waals surface area contributed by atoms with E-state index in [4.69, 9.17) is 15.0 Å². The van der Waals surface area contributed by atoms with Crippen LogP contribution in [0.3, 0.4) is 0 Å². The van der Waals surface area contributed by atoms with E-state index in [0.717, 1.165) is 71.9 Å². The fourth-order valence-corrected chi connectivity index (χ4v) is 8.39. The molecule has 3 heterocycles. The van der Waals surface area contributed by atoms with Crippen LogP contribution < -0.4 is 0 Å². The van der Waals surface area contributed by atoms with E-state index in [1.807, 2.05) is 60.7 Å². The third-order valence-corrected chi connectivity index (χ3v) is 11.0. The fourth-order valence-electron chi connectivity index (χ4n) is 8.39. The minimum Gasteiger partial charge on any atom is -0.309 e. The average Bonchev–Trinajstić information content (AvgIpc) is 3.82. The van der Waals surface area contributed by atoms with Gasteiger partial charge in [-0.3, -0.25) is 4.57 Å². The van der Waals surface area contributed by atoms with Crippen LogP contribution in [-0.2, 0) is 0 Å². The molecule has 6 heteroatoms. The predicted molar refractivity (Wildman–Crippen MR) is 235 cm³/mol. The maximum Gasteiger partial charge on any atom is 0.238 e. The SMILES string of the molecule is N#Cc1ccc(-c2cc(-c3nc(-c4ccccc4)nc(-n4c5ccccc5c5cccc(-c6ccccc6)c54)n3)ccc2-n2c3ccccc3c3ccccc32)cc1. The first-order valence-corrected chi connectivity index (χ1v) is 19.3. The highest BCUT2D eigenvalue weighted by molar-refractivity contribution is 6.14. The zero-order chi connectivity index (χ0) is 38.6. The predicted octanol–water partition coefficient (Wildman–Crippen LogP) is 12.6. The quantitative estimate of drug-likeness (QED) is 0.170. The summed E-state index contributed by atoms with van der Waals surface area (Å²) in [5, 5.41) is 14.3. The Morgan fingerprint density at radius 3 is 1.52 bits per heavy atom. The third-order valence-electron chi connectivity index (χ3n) is 11.0. The van der Waals surface area contributed by atoms with E-state index >= 15 is 0 Å². The van der Waals surface area contributed by atoms with Gasteiger partial charge < -0.3 is 4.57 Å². The van der Waals surface area contributed by atoms with E-state index in [1.165, 1.54) is 10.8 Å². The number of benzene rings is 8. The monoisotopic (exact) mass is 740 g/mol. The van der Waals surface area contributed by atoms with Crippen molar-refractivity contribution in [1.82, 2.24) is 24.1 Å². The number of hydrogen-bond donors (Lipinski definition) is 0. The van der Waals surface area contributed by atoms with Crippen LogP contribution in [0.25, 0.3) is 100 Å². The number of nitriles is 1. The molecule has 0 aliphatic heterocycles. The second-order valence-electron chi connectivity index (χ2n) is 14.4. The topological polar surface area (TPSA) is 72.3 Å². The molecule has 0 bridgehead atoms. The van der Waals surface area contributed by atoms with Crippen molar-refractivity contribution in [2.24, 2.45) is 0 Å². The minimum absolute atomic E-state index is 0.532. The van der Waals surface area contributed by atoms with E-state index in [1.54, 1.807) is 0 Å². The Morgan fingerprint density at radius 2 is 0.879 bits per heavy atom. The summed E-state index contributed by atoms with van der Waals surface area (Å²) >= 11 is 0. The molecule has 270 valence electrons. The number of rotatable bonds is 6. The summed E-state index contributed by atoms with van der Waals surface area (Å²) in [6.45, 7) is 0. The van der Waals surface area contributed by atoms with Gasteiger partial charge in [-0.2, -0.15) is 15.2 Å². The van der Waals surface area contributed by atoms with Crippen molar-refractivity contribution in [2.75, 3.05) is 0 Å². The Bertz CT molecular complexity index is 3340. The van der Waals surface area contributed by atoms with Crippen molar-refractivity contribution in [2.45, 2.75) is 0 Å². The summed E-state index contributed by atoms with van der Waals surface area (Å²) in [4.78, 5) is 15.8. The fraction of sp³-hybridized carbons (Fsp3) is 0. The second kappa shape index (κ2) is 13.6. The first kappa shape index (κ1) is 33.2. The minimum atomic E-state index is 0.532. The highest BCUT2D eigenvalue weighted by Gasteiger charge is 2.22. The molecule has 0 spiro atoms. The summed E-state index contributed by atoms with van der Waals surface area (Å²) < 4.78 is 4.53. The van der Waals surface area contributed by atoms with Crippen molar-refractivity contribution in [3.05, 3.63) is 200 Å². The van der Waals surface area contributed by atoms with Crippen molar-refractivity contribution >= 4 is 43.6 Å². The standard InChI is InChI=1S/C52H32N6/c53-33-34-26-28-36(29-27-34)44-32-38(30-31-48(44)57-45-23-10-7-18-40(45)41-19-8-11-24-46(41)57)51-54-50(37-16-5-2-6-17-37)55-52(56-51)58-47-25-12-9-20-42(47)43-22-13-21-39(49(43)58)35-14-3-1-4-15-35/h1-32H. The number of nitrogens with zero attached hydrogens (tertiary/aromatic N) is 6. The molecule has 0 atom stereocenters. The molecule has 0 amide bonds. The lowest BCUT2D eigenvalue weighted by Gasteiger charge is -2.17. The summed E-state index contributed by atoms with van der Waals surface area (Å²) in [5.74, 6) is 1.66. The van der Waals surface area contributed by atoms with Crippen LogP contribution in [0.5, 0.6) is 0 Å². The Balaban J connectivity index is 1.20.